The van der Waals surface area contributed by atoms with Crippen LogP contribution < -0.4 is 0 Å². The number of carboxylic acid groups (broad SMARTS) is 1. The number of carboxylic acids is 1. The second-order valence-electron chi connectivity index (χ2n) is 4.73. The molecule has 0 amide bonds. The van der Waals surface area contributed by atoms with E-state index >= 15 is 0 Å². The molecule has 1 saturated carbocycles. The van der Waals surface area contributed by atoms with Gasteiger partial charge in [-0.3, -0.25) is 0 Å². The fourth-order valence-corrected chi connectivity index (χ4v) is 3.37. The van der Waals surface area contributed by atoms with Crippen molar-refractivity contribution in [1.29, 1.82) is 0 Å². The summed E-state index contributed by atoms with van der Waals surface area (Å²) in [6.45, 7) is 2.81. The number of hydrogen-bond acceptors (Lipinski definition) is 4. The Kier molecular flexibility index (Phi) is 3.96. The van der Waals surface area contributed by atoms with Gasteiger partial charge in [-0.1, -0.05) is 6.92 Å². The minimum atomic E-state index is -3.73. The molecule has 0 aromatic carbocycles. The number of sulfonamides is 1. The van der Waals surface area contributed by atoms with E-state index in [1.807, 2.05) is 6.92 Å². The Bertz CT molecular complexity index is 558. The highest BCUT2D eigenvalue weighted by molar-refractivity contribution is 7.89. The van der Waals surface area contributed by atoms with Crippen molar-refractivity contribution in [3.63, 3.8) is 0 Å². The number of nitrogens with zero attached hydrogens (tertiary/aromatic N) is 1. The van der Waals surface area contributed by atoms with Crippen molar-refractivity contribution in [2.24, 2.45) is 5.92 Å². The molecule has 1 fully saturated rings. The van der Waals surface area contributed by atoms with E-state index in [1.54, 1.807) is 0 Å². The Balaban J connectivity index is 2.23. The summed E-state index contributed by atoms with van der Waals surface area (Å²) in [5.74, 6) is -1.21. The SMILES string of the molecule is CCCN(CC1CC1)S(=O)(=O)c1ccc(C(=O)O)o1. The number of rotatable bonds is 7. The van der Waals surface area contributed by atoms with Gasteiger partial charge in [0.1, 0.15) is 0 Å². The number of carbonyl (C=O) groups is 1. The van der Waals surface area contributed by atoms with Crippen LogP contribution in [0, 0.1) is 5.92 Å². The quantitative estimate of drug-likeness (QED) is 0.826. The van der Waals surface area contributed by atoms with Gasteiger partial charge in [0.2, 0.25) is 10.9 Å². The van der Waals surface area contributed by atoms with E-state index in [0.717, 1.165) is 18.9 Å². The van der Waals surface area contributed by atoms with Gasteiger partial charge in [-0.25, -0.2) is 13.2 Å². The van der Waals surface area contributed by atoms with E-state index in [9.17, 15) is 13.2 Å². The van der Waals surface area contributed by atoms with Crippen molar-refractivity contribution < 1.29 is 22.7 Å². The minimum Gasteiger partial charge on any atom is -0.475 e. The van der Waals surface area contributed by atoms with Crippen LogP contribution in [0.5, 0.6) is 0 Å². The highest BCUT2D eigenvalue weighted by Gasteiger charge is 2.33. The third-order valence-corrected chi connectivity index (χ3v) is 4.76. The van der Waals surface area contributed by atoms with Crippen molar-refractivity contribution in [2.75, 3.05) is 13.1 Å². The molecule has 0 bridgehead atoms. The van der Waals surface area contributed by atoms with Crippen LogP contribution in [0.15, 0.2) is 21.6 Å². The molecule has 1 aliphatic carbocycles. The molecule has 2 rings (SSSR count). The maximum absolute atomic E-state index is 12.4. The van der Waals surface area contributed by atoms with Crippen LogP contribution >= 0.6 is 0 Å². The summed E-state index contributed by atoms with van der Waals surface area (Å²) in [6, 6.07) is 2.37. The second kappa shape index (κ2) is 5.34. The van der Waals surface area contributed by atoms with Crippen molar-refractivity contribution in [1.82, 2.24) is 4.31 Å². The van der Waals surface area contributed by atoms with E-state index in [4.69, 9.17) is 9.52 Å². The van der Waals surface area contributed by atoms with Crippen molar-refractivity contribution in [3.8, 4) is 0 Å². The van der Waals surface area contributed by atoms with Gasteiger partial charge in [-0.2, -0.15) is 4.31 Å². The zero-order valence-electron chi connectivity index (χ0n) is 10.7. The molecule has 0 atom stereocenters. The van der Waals surface area contributed by atoms with Crippen LogP contribution in [0.1, 0.15) is 36.7 Å². The van der Waals surface area contributed by atoms with Gasteiger partial charge in [0.25, 0.3) is 10.0 Å². The molecular formula is C12H17NO5S. The average molecular weight is 287 g/mol. The Morgan fingerprint density at radius 2 is 2.16 bits per heavy atom. The maximum atomic E-state index is 12.4. The van der Waals surface area contributed by atoms with Gasteiger partial charge in [-0.05, 0) is 37.3 Å². The first-order chi connectivity index (χ1) is 8.95. The van der Waals surface area contributed by atoms with Gasteiger partial charge in [0.05, 0.1) is 0 Å². The summed E-state index contributed by atoms with van der Waals surface area (Å²) in [7, 11) is -3.73. The van der Waals surface area contributed by atoms with Crippen LogP contribution in [-0.4, -0.2) is 36.9 Å². The fourth-order valence-electron chi connectivity index (χ4n) is 1.85. The van der Waals surface area contributed by atoms with E-state index in [-0.39, 0.29) is 10.9 Å². The van der Waals surface area contributed by atoms with E-state index in [0.29, 0.717) is 25.4 Å². The van der Waals surface area contributed by atoms with Crippen molar-refractivity contribution in [2.45, 2.75) is 31.3 Å². The van der Waals surface area contributed by atoms with Gasteiger partial charge in [-0.15, -0.1) is 0 Å². The first kappa shape index (κ1) is 14.1. The maximum Gasteiger partial charge on any atom is 0.371 e. The summed E-state index contributed by atoms with van der Waals surface area (Å²) < 4.78 is 31.0. The van der Waals surface area contributed by atoms with Gasteiger partial charge in [0.15, 0.2) is 0 Å². The zero-order valence-corrected chi connectivity index (χ0v) is 11.5. The summed E-state index contributed by atoms with van der Waals surface area (Å²) in [4.78, 5) is 10.7. The third kappa shape index (κ3) is 3.16. The predicted molar refractivity (Wildman–Crippen MR) is 67.4 cm³/mol. The molecule has 106 valence electrons. The summed E-state index contributed by atoms with van der Waals surface area (Å²) in [5, 5.41) is 8.47. The Morgan fingerprint density at radius 3 is 2.63 bits per heavy atom. The fraction of sp³-hybridized carbons (Fsp3) is 0.583. The van der Waals surface area contributed by atoms with Gasteiger partial charge >= 0.3 is 5.97 Å². The first-order valence-electron chi connectivity index (χ1n) is 6.28. The number of furan rings is 1. The largest absolute Gasteiger partial charge is 0.475 e. The molecule has 1 heterocycles. The zero-order chi connectivity index (χ0) is 14.0. The molecule has 6 nitrogen and oxygen atoms in total. The van der Waals surface area contributed by atoms with Crippen molar-refractivity contribution in [3.05, 3.63) is 17.9 Å². The Hall–Kier alpha value is -1.34. The lowest BCUT2D eigenvalue weighted by molar-refractivity contribution is 0.0656. The molecule has 1 N–H and O–H groups in total. The van der Waals surface area contributed by atoms with Crippen LogP contribution in [0.25, 0.3) is 0 Å². The Labute approximate surface area is 112 Å². The molecule has 0 radical (unpaired) electrons. The molecule has 19 heavy (non-hydrogen) atoms. The highest BCUT2D eigenvalue weighted by atomic mass is 32.2. The third-order valence-electron chi connectivity index (χ3n) is 3.02. The van der Waals surface area contributed by atoms with Crippen LogP contribution in [-0.2, 0) is 10.0 Å². The summed E-state index contributed by atoms with van der Waals surface area (Å²) >= 11 is 0. The predicted octanol–water partition coefficient (Wildman–Crippen LogP) is 1.79. The lowest BCUT2D eigenvalue weighted by Crippen LogP contribution is -2.33. The molecule has 7 heteroatoms. The molecule has 0 aliphatic heterocycles. The normalized spacial score (nSPS) is 15.9. The van der Waals surface area contributed by atoms with E-state index in [2.05, 4.69) is 0 Å². The molecule has 0 spiro atoms. The first-order valence-corrected chi connectivity index (χ1v) is 7.72. The van der Waals surface area contributed by atoms with Crippen LogP contribution in [0.4, 0.5) is 0 Å². The molecule has 1 aliphatic rings. The molecule has 0 unspecified atom stereocenters. The lowest BCUT2D eigenvalue weighted by Gasteiger charge is -2.19. The topological polar surface area (TPSA) is 87.8 Å². The minimum absolute atomic E-state index is 0.293. The molecule has 0 saturated heterocycles. The highest BCUT2D eigenvalue weighted by Crippen LogP contribution is 2.32. The summed E-state index contributed by atoms with van der Waals surface area (Å²) in [6.07, 6.45) is 2.81. The average Bonchev–Trinajstić information content (AvgIpc) is 3.01. The number of aromatic carboxylic acids is 1. The van der Waals surface area contributed by atoms with Crippen molar-refractivity contribution >= 4 is 16.0 Å². The molecular weight excluding hydrogens is 270 g/mol. The molecule has 1 aromatic rings. The lowest BCUT2D eigenvalue weighted by atomic mass is 10.4. The molecule has 1 aromatic heterocycles. The van der Waals surface area contributed by atoms with E-state index in [1.165, 1.54) is 10.4 Å². The second-order valence-corrected chi connectivity index (χ2v) is 6.60. The van der Waals surface area contributed by atoms with Gasteiger partial charge < -0.3 is 9.52 Å². The Morgan fingerprint density at radius 1 is 1.47 bits per heavy atom. The standard InChI is InChI=1S/C12H17NO5S/c1-2-7-13(8-9-3-4-9)19(16,17)11-6-5-10(18-11)12(14)15/h5-6,9H,2-4,7-8H2,1H3,(H,14,15). The monoisotopic (exact) mass is 287 g/mol. The van der Waals surface area contributed by atoms with Gasteiger partial charge in [0, 0.05) is 13.1 Å². The van der Waals surface area contributed by atoms with Crippen LogP contribution in [0.2, 0.25) is 0 Å². The smallest absolute Gasteiger partial charge is 0.371 e. The van der Waals surface area contributed by atoms with Crippen LogP contribution in [0.3, 0.4) is 0 Å². The van der Waals surface area contributed by atoms with E-state index < -0.39 is 16.0 Å². The summed E-state index contributed by atoms with van der Waals surface area (Å²) in [5.41, 5.74) is 0. The number of hydrogen-bond donors (Lipinski definition) is 1.